The smallest absolute Gasteiger partial charge is 0.122 e. The first kappa shape index (κ1) is 10.8. The van der Waals surface area contributed by atoms with E-state index >= 15 is 0 Å². The zero-order chi connectivity index (χ0) is 10.4. The van der Waals surface area contributed by atoms with E-state index in [1.165, 1.54) is 5.56 Å². The summed E-state index contributed by atoms with van der Waals surface area (Å²) < 4.78 is 5.22. The van der Waals surface area contributed by atoms with Gasteiger partial charge in [-0.3, -0.25) is 0 Å². The van der Waals surface area contributed by atoms with Gasteiger partial charge in [0.1, 0.15) is 12.0 Å². The fourth-order valence-electron chi connectivity index (χ4n) is 1.41. The van der Waals surface area contributed by atoms with Crippen molar-refractivity contribution in [3.05, 3.63) is 29.3 Å². The molecule has 1 aromatic rings. The zero-order valence-electron chi connectivity index (χ0n) is 8.75. The van der Waals surface area contributed by atoms with Crippen molar-refractivity contribution in [3.63, 3.8) is 0 Å². The lowest BCUT2D eigenvalue weighted by Gasteiger charge is -2.06. The average Bonchev–Trinajstić information content (AvgIpc) is 2.21. The Morgan fingerprint density at radius 1 is 1.43 bits per heavy atom. The molecule has 76 valence electrons. The molecule has 0 aliphatic heterocycles. The SMILES string of the molecule is COc1cc(CCCC=O)ccc1C. The standard InChI is InChI=1S/C12H16O2/c1-10-6-7-11(5-3-4-8-13)9-12(10)14-2/h6-9H,3-5H2,1-2H3. The number of unbranched alkanes of at least 4 members (excludes halogenated alkanes) is 1. The summed E-state index contributed by atoms with van der Waals surface area (Å²) in [5.74, 6) is 0.925. The highest BCUT2D eigenvalue weighted by atomic mass is 16.5. The second kappa shape index (κ2) is 5.43. The largest absolute Gasteiger partial charge is 0.496 e. The van der Waals surface area contributed by atoms with E-state index in [1.807, 2.05) is 13.0 Å². The van der Waals surface area contributed by atoms with E-state index in [4.69, 9.17) is 4.74 Å². The summed E-state index contributed by atoms with van der Waals surface area (Å²) in [7, 11) is 1.68. The Balaban J connectivity index is 2.64. The second-order valence-corrected chi connectivity index (χ2v) is 3.36. The van der Waals surface area contributed by atoms with Crippen LogP contribution in [0.4, 0.5) is 0 Å². The molecule has 0 fully saturated rings. The summed E-state index contributed by atoms with van der Waals surface area (Å²) in [5.41, 5.74) is 2.38. The van der Waals surface area contributed by atoms with Crippen LogP contribution >= 0.6 is 0 Å². The predicted octanol–water partition coefficient (Wildman–Crippen LogP) is 2.53. The number of hydrogen-bond donors (Lipinski definition) is 0. The van der Waals surface area contributed by atoms with E-state index in [0.717, 1.165) is 30.4 Å². The van der Waals surface area contributed by atoms with Crippen LogP contribution in [0.25, 0.3) is 0 Å². The molecule has 2 heteroatoms. The summed E-state index contributed by atoms with van der Waals surface area (Å²) in [6.07, 6.45) is 3.45. The molecule has 0 spiro atoms. The van der Waals surface area contributed by atoms with E-state index in [9.17, 15) is 4.79 Å². The normalized spacial score (nSPS) is 9.86. The molecule has 0 aromatic heterocycles. The number of carbonyl (C=O) groups is 1. The third-order valence-corrected chi connectivity index (χ3v) is 2.26. The van der Waals surface area contributed by atoms with E-state index in [1.54, 1.807) is 7.11 Å². The minimum absolute atomic E-state index is 0.635. The molecule has 0 amide bonds. The Morgan fingerprint density at radius 2 is 2.21 bits per heavy atom. The van der Waals surface area contributed by atoms with E-state index < -0.39 is 0 Å². The van der Waals surface area contributed by atoms with Crippen molar-refractivity contribution in [1.29, 1.82) is 0 Å². The molecule has 1 aromatic carbocycles. The van der Waals surface area contributed by atoms with Crippen molar-refractivity contribution in [2.45, 2.75) is 26.2 Å². The van der Waals surface area contributed by atoms with Crippen LogP contribution in [0.1, 0.15) is 24.0 Å². The van der Waals surface area contributed by atoms with Crippen LogP contribution in [-0.2, 0) is 11.2 Å². The molecule has 0 atom stereocenters. The molecule has 0 N–H and O–H groups in total. The molecule has 0 bridgehead atoms. The molecular formula is C12H16O2. The quantitative estimate of drug-likeness (QED) is 0.529. The summed E-state index contributed by atoms with van der Waals surface area (Å²) in [4.78, 5) is 10.1. The molecule has 1 rings (SSSR count). The highest BCUT2D eigenvalue weighted by Crippen LogP contribution is 2.19. The van der Waals surface area contributed by atoms with Crippen molar-refractivity contribution in [2.75, 3.05) is 7.11 Å². The van der Waals surface area contributed by atoms with Gasteiger partial charge >= 0.3 is 0 Å². The first-order chi connectivity index (χ1) is 6.77. The molecule has 0 aliphatic rings. The van der Waals surface area contributed by atoms with E-state index in [2.05, 4.69) is 12.1 Å². The third kappa shape index (κ3) is 2.87. The highest BCUT2D eigenvalue weighted by molar-refractivity contribution is 5.49. The van der Waals surface area contributed by atoms with Gasteiger partial charge in [-0.1, -0.05) is 12.1 Å². The minimum atomic E-state index is 0.635. The lowest BCUT2D eigenvalue weighted by atomic mass is 10.1. The number of carbonyl (C=O) groups excluding carboxylic acids is 1. The number of aryl methyl sites for hydroxylation is 2. The van der Waals surface area contributed by atoms with E-state index in [-0.39, 0.29) is 0 Å². The van der Waals surface area contributed by atoms with Crippen molar-refractivity contribution in [3.8, 4) is 5.75 Å². The van der Waals surface area contributed by atoms with Gasteiger partial charge in [0, 0.05) is 6.42 Å². The van der Waals surface area contributed by atoms with Crippen LogP contribution in [0.15, 0.2) is 18.2 Å². The highest BCUT2D eigenvalue weighted by Gasteiger charge is 1.99. The van der Waals surface area contributed by atoms with Crippen molar-refractivity contribution < 1.29 is 9.53 Å². The Hall–Kier alpha value is -1.31. The molecule has 0 saturated carbocycles. The molecular weight excluding hydrogens is 176 g/mol. The van der Waals surface area contributed by atoms with Gasteiger partial charge in [-0.2, -0.15) is 0 Å². The maximum absolute atomic E-state index is 10.1. The Morgan fingerprint density at radius 3 is 2.86 bits per heavy atom. The predicted molar refractivity (Wildman–Crippen MR) is 56.7 cm³/mol. The maximum Gasteiger partial charge on any atom is 0.122 e. The summed E-state index contributed by atoms with van der Waals surface area (Å²) in [6.45, 7) is 2.02. The first-order valence-corrected chi connectivity index (χ1v) is 4.85. The van der Waals surface area contributed by atoms with Crippen LogP contribution in [0, 0.1) is 6.92 Å². The van der Waals surface area contributed by atoms with Crippen LogP contribution in [0.2, 0.25) is 0 Å². The molecule has 2 nitrogen and oxygen atoms in total. The van der Waals surface area contributed by atoms with Crippen LogP contribution < -0.4 is 4.74 Å². The number of methoxy groups -OCH3 is 1. The minimum Gasteiger partial charge on any atom is -0.496 e. The van der Waals surface area contributed by atoms with Crippen LogP contribution in [-0.4, -0.2) is 13.4 Å². The van der Waals surface area contributed by atoms with Crippen molar-refractivity contribution in [1.82, 2.24) is 0 Å². The number of hydrogen-bond acceptors (Lipinski definition) is 2. The lowest BCUT2D eigenvalue weighted by molar-refractivity contribution is -0.107. The number of benzene rings is 1. The fraction of sp³-hybridized carbons (Fsp3) is 0.417. The number of aldehydes is 1. The van der Waals surface area contributed by atoms with Crippen molar-refractivity contribution >= 4 is 6.29 Å². The van der Waals surface area contributed by atoms with Gasteiger partial charge in [-0.15, -0.1) is 0 Å². The Bertz CT molecular complexity index is 305. The summed E-state index contributed by atoms with van der Waals surface area (Å²) >= 11 is 0. The Kier molecular flexibility index (Phi) is 4.17. The summed E-state index contributed by atoms with van der Waals surface area (Å²) in [5, 5.41) is 0. The van der Waals surface area contributed by atoms with Gasteiger partial charge in [0.05, 0.1) is 7.11 Å². The molecule has 0 unspecified atom stereocenters. The fourth-order valence-corrected chi connectivity index (χ4v) is 1.41. The van der Waals surface area contributed by atoms with Gasteiger partial charge < -0.3 is 9.53 Å². The molecule has 0 aliphatic carbocycles. The van der Waals surface area contributed by atoms with Crippen LogP contribution in [0.3, 0.4) is 0 Å². The molecule has 14 heavy (non-hydrogen) atoms. The first-order valence-electron chi connectivity index (χ1n) is 4.85. The van der Waals surface area contributed by atoms with Gasteiger partial charge in [0.15, 0.2) is 0 Å². The monoisotopic (exact) mass is 192 g/mol. The molecule has 0 heterocycles. The van der Waals surface area contributed by atoms with Gasteiger partial charge in [0.25, 0.3) is 0 Å². The van der Waals surface area contributed by atoms with Gasteiger partial charge in [-0.05, 0) is 37.0 Å². The van der Waals surface area contributed by atoms with E-state index in [0.29, 0.717) is 6.42 Å². The average molecular weight is 192 g/mol. The molecule has 0 radical (unpaired) electrons. The lowest BCUT2D eigenvalue weighted by Crippen LogP contribution is -1.91. The number of ether oxygens (including phenoxy) is 1. The third-order valence-electron chi connectivity index (χ3n) is 2.26. The number of rotatable bonds is 5. The van der Waals surface area contributed by atoms with Gasteiger partial charge in [-0.25, -0.2) is 0 Å². The second-order valence-electron chi connectivity index (χ2n) is 3.36. The summed E-state index contributed by atoms with van der Waals surface area (Å²) in [6, 6.07) is 6.18. The Labute approximate surface area is 84.9 Å². The topological polar surface area (TPSA) is 26.3 Å². The zero-order valence-corrected chi connectivity index (χ0v) is 8.75. The van der Waals surface area contributed by atoms with Crippen molar-refractivity contribution in [2.24, 2.45) is 0 Å². The maximum atomic E-state index is 10.1. The molecule has 0 saturated heterocycles. The van der Waals surface area contributed by atoms with Gasteiger partial charge in [0.2, 0.25) is 0 Å². The van der Waals surface area contributed by atoms with Crippen LogP contribution in [0.5, 0.6) is 5.75 Å².